The molecule has 0 bridgehead atoms. The third kappa shape index (κ3) is 2.12. The van der Waals surface area contributed by atoms with E-state index in [1.165, 1.54) is 5.71 Å². The quantitative estimate of drug-likeness (QED) is 0.857. The zero-order chi connectivity index (χ0) is 15.4. The maximum atomic E-state index is 12.5. The first-order valence-electron chi connectivity index (χ1n) is 8.10. The lowest BCUT2D eigenvalue weighted by molar-refractivity contribution is 0.0766. The van der Waals surface area contributed by atoms with Gasteiger partial charge >= 0.3 is 0 Å². The van der Waals surface area contributed by atoms with Gasteiger partial charge in [-0.1, -0.05) is 5.16 Å². The molecule has 22 heavy (non-hydrogen) atoms. The molecule has 6 nitrogen and oxygen atoms in total. The van der Waals surface area contributed by atoms with Crippen molar-refractivity contribution in [1.82, 2.24) is 14.5 Å². The molecule has 3 unspecified atom stereocenters. The Morgan fingerprint density at radius 2 is 2.09 bits per heavy atom. The molecule has 3 heterocycles. The number of fused-ring (bicyclic) bond motifs is 1. The van der Waals surface area contributed by atoms with Crippen LogP contribution in [0.2, 0.25) is 0 Å². The Bertz CT molecular complexity index is 624. The van der Waals surface area contributed by atoms with Crippen molar-refractivity contribution < 1.29 is 9.63 Å². The Hall–Kier alpha value is -1.85. The molecular formula is C16H22N4O2. The van der Waals surface area contributed by atoms with E-state index in [0.717, 1.165) is 19.5 Å². The van der Waals surface area contributed by atoms with Gasteiger partial charge < -0.3 is 14.3 Å². The van der Waals surface area contributed by atoms with E-state index in [1.807, 2.05) is 15.7 Å². The second-order valence-corrected chi connectivity index (χ2v) is 7.07. The number of oxime groups is 1. The summed E-state index contributed by atoms with van der Waals surface area (Å²) in [6.07, 6.45) is 4.76. The van der Waals surface area contributed by atoms with Crippen LogP contribution in [-0.2, 0) is 4.84 Å². The van der Waals surface area contributed by atoms with Crippen LogP contribution >= 0.6 is 0 Å². The molecule has 3 aliphatic rings. The number of piperidine rings is 1. The van der Waals surface area contributed by atoms with E-state index in [0.29, 0.717) is 29.5 Å². The Kier molecular flexibility index (Phi) is 3.03. The fraction of sp³-hybridized carbons (Fsp3) is 0.688. The summed E-state index contributed by atoms with van der Waals surface area (Å²) in [5.74, 6) is 1.75. The van der Waals surface area contributed by atoms with Gasteiger partial charge in [0.05, 0.1) is 12.0 Å². The molecule has 0 spiro atoms. The Balaban J connectivity index is 1.38. The molecule has 1 amide bonds. The number of imidazole rings is 1. The average Bonchev–Trinajstić information content (AvgIpc) is 2.97. The van der Waals surface area contributed by atoms with Crippen molar-refractivity contribution in [3.05, 3.63) is 18.2 Å². The number of rotatable bonds is 3. The van der Waals surface area contributed by atoms with Gasteiger partial charge in [-0.05, 0) is 32.6 Å². The van der Waals surface area contributed by atoms with Gasteiger partial charge in [0, 0.05) is 37.7 Å². The van der Waals surface area contributed by atoms with Gasteiger partial charge in [-0.15, -0.1) is 0 Å². The number of hydrogen-bond acceptors (Lipinski definition) is 4. The van der Waals surface area contributed by atoms with Crippen molar-refractivity contribution in [3.8, 4) is 0 Å². The first-order valence-corrected chi connectivity index (χ1v) is 8.10. The van der Waals surface area contributed by atoms with Crippen molar-refractivity contribution in [2.45, 2.75) is 39.3 Å². The first-order chi connectivity index (χ1) is 10.5. The Labute approximate surface area is 130 Å². The number of carbonyl (C=O) groups excluding carboxylic acids is 1. The predicted octanol–water partition coefficient (Wildman–Crippen LogP) is 1.95. The Morgan fingerprint density at radius 3 is 2.64 bits per heavy atom. The zero-order valence-electron chi connectivity index (χ0n) is 13.3. The monoisotopic (exact) mass is 302 g/mol. The Morgan fingerprint density at radius 1 is 1.36 bits per heavy atom. The second-order valence-electron chi connectivity index (χ2n) is 7.07. The molecule has 1 aromatic heterocycles. The molecule has 1 saturated carbocycles. The molecule has 0 aromatic carbocycles. The van der Waals surface area contributed by atoms with E-state index in [1.54, 1.807) is 6.33 Å². The number of likely N-dealkylation sites (tertiary alicyclic amines) is 1. The van der Waals surface area contributed by atoms with E-state index >= 15 is 0 Å². The lowest BCUT2D eigenvalue weighted by atomic mass is 10.1. The minimum atomic E-state index is 0.0586. The van der Waals surface area contributed by atoms with Crippen LogP contribution in [-0.4, -0.2) is 45.3 Å². The summed E-state index contributed by atoms with van der Waals surface area (Å²) in [6, 6.07) is 0.327. The molecule has 1 saturated heterocycles. The van der Waals surface area contributed by atoms with Crippen LogP contribution in [0.15, 0.2) is 17.7 Å². The average molecular weight is 302 g/mol. The molecule has 0 radical (unpaired) electrons. The van der Waals surface area contributed by atoms with Crippen molar-refractivity contribution >= 4 is 11.6 Å². The summed E-state index contributed by atoms with van der Waals surface area (Å²) < 4.78 is 1.97. The van der Waals surface area contributed by atoms with Gasteiger partial charge in [0.1, 0.15) is 11.8 Å². The molecule has 1 aromatic rings. The van der Waals surface area contributed by atoms with Crippen molar-refractivity contribution in [2.75, 3.05) is 13.1 Å². The number of amides is 1. The lowest BCUT2D eigenvalue weighted by Crippen LogP contribution is -2.32. The molecular weight excluding hydrogens is 280 g/mol. The third-order valence-electron chi connectivity index (χ3n) is 5.13. The molecule has 2 fully saturated rings. The van der Waals surface area contributed by atoms with Gasteiger partial charge in [-0.25, -0.2) is 4.98 Å². The van der Waals surface area contributed by atoms with E-state index in [4.69, 9.17) is 4.84 Å². The highest BCUT2D eigenvalue weighted by molar-refractivity contribution is 5.94. The molecule has 3 atom stereocenters. The zero-order valence-corrected chi connectivity index (χ0v) is 13.3. The number of carbonyl (C=O) groups is 1. The summed E-state index contributed by atoms with van der Waals surface area (Å²) in [6.45, 7) is 7.87. The van der Waals surface area contributed by atoms with Crippen molar-refractivity contribution in [3.63, 3.8) is 0 Å². The predicted molar refractivity (Wildman–Crippen MR) is 81.6 cm³/mol. The van der Waals surface area contributed by atoms with Crippen molar-refractivity contribution in [1.29, 1.82) is 0 Å². The maximum Gasteiger partial charge on any atom is 0.274 e. The first kappa shape index (κ1) is 13.8. The van der Waals surface area contributed by atoms with Crippen LogP contribution in [0.1, 0.15) is 43.7 Å². The topological polar surface area (TPSA) is 59.7 Å². The summed E-state index contributed by atoms with van der Waals surface area (Å²) in [5.41, 5.74) is 1.76. The van der Waals surface area contributed by atoms with Gasteiger partial charge in [0.2, 0.25) is 0 Å². The largest absolute Gasteiger partial charge is 0.392 e. The lowest BCUT2D eigenvalue weighted by Gasteiger charge is -2.18. The van der Waals surface area contributed by atoms with Crippen LogP contribution < -0.4 is 0 Å². The van der Waals surface area contributed by atoms with Gasteiger partial charge in [0.15, 0.2) is 0 Å². The van der Waals surface area contributed by atoms with Gasteiger partial charge in [-0.3, -0.25) is 4.79 Å². The summed E-state index contributed by atoms with van der Waals surface area (Å²) in [4.78, 5) is 24.0. The van der Waals surface area contributed by atoms with Crippen LogP contribution in [0, 0.1) is 17.8 Å². The number of aromatic nitrogens is 2. The number of hydrogen-bond donors (Lipinski definition) is 0. The fourth-order valence-electron chi connectivity index (χ4n) is 3.80. The van der Waals surface area contributed by atoms with Gasteiger partial charge in [-0.2, -0.15) is 0 Å². The smallest absolute Gasteiger partial charge is 0.274 e. The SMILES string of the molecule is CC1CC(C2C3CN(C(=O)c4cn(C(C)C)cn4)CC32)=NO1. The molecule has 6 heteroatoms. The number of nitrogens with zero attached hydrogens (tertiary/aromatic N) is 4. The van der Waals surface area contributed by atoms with Crippen molar-refractivity contribution in [2.24, 2.45) is 22.9 Å². The second kappa shape index (κ2) is 4.83. The standard InChI is InChI=1S/C16H22N4O2/c1-9(2)20-7-14(17-8-20)16(21)19-5-11-12(6-19)15(11)13-4-10(3)22-18-13/h7-12,15H,4-6H2,1-3H3. The molecule has 2 aliphatic heterocycles. The molecule has 0 N–H and O–H groups in total. The van der Waals surface area contributed by atoms with Gasteiger partial charge in [0.25, 0.3) is 5.91 Å². The highest BCUT2D eigenvalue weighted by Crippen LogP contribution is 2.53. The summed E-state index contributed by atoms with van der Waals surface area (Å²) >= 11 is 0. The summed E-state index contributed by atoms with van der Waals surface area (Å²) in [7, 11) is 0. The molecule has 1 aliphatic carbocycles. The van der Waals surface area contributed by atoms with Crippen LogP contribution in [0.25, 0.3) is 0 Å². The van der Waals surface area contributed by atoms with Crippen LogP contribution in [0.3, 0.4) is 0 Å². The maximum absolute atomic E-state index is 12.5. The van der Waals surface area contributed by atoms with E-state index in [-0.39, 0.29) is 12.0 Å². The highest BCUT2D eigenvalue weighted by Gasteiger charge is 2.59. The molecule has 118 valence electrons. The minimum Gasteiger partial charge on any atom is -0.392 e. The van der Waals surface area contributed by atoms with Crippen LogP contribution in [0.4, 0.5) is 0 Å². The molecule has 4 rings (SSSR count). The normalized spacial score (nSPS) is 32.9. The highest BCUT2D eigenvalue weighted by atomic mass is 16.6. The van der Waals surface area contributed by atoms with E-state index in [2.05, 4.69) is 30.9 Å². The third-order valence-corrected chi connectivity index (χ3v) is 5.13. The summed E-state index contributed by atoms with van der Waals surface area (Å²) in [5, 5.41) is 4.21. The fourth-order valence-corrected chi connectivity index (χ4v) is 3.80. The van der Waals surface area contributed by atoms with E-state index < -0.39 is 0 Å². The van der Waals surface area contributed by atoms with E-state index in [9.17, 15) is 4.79 Å². The van der Waals surface area contributed by atoms with Crippen LogP contribution in [0.5, 0.6) is 0 Å². The minimum absolute atomic E-state index is 0.0586.